The minimum absolute atomic E-state index is 0. The third kappa shape index (κ3) is 8.58. The summed E-state index contributed by atoms with van der Waals surface area (Å²) in [6.45, 7) is -25.8. The van der Waals surface area contributed by atoms with E-state index in [1.165, 1.54) is 28.8 Å². The van der Waals surface area contributed by atoms with Crippen molar-refractivity contribution < 1.29 is 55.0 Å². The molecule has 7 aromatic carbocycles. The Kier molecular flexibility index (Phi) is 6.64. The number of pyridine rings is 1. The van der Waals surface area contributed by atoms with E-state index in [4.69, 9.17) is 38.8 Å². The topological polar surface area (TPSA) is 50.9 Å². The van der Waals surface area contributed by atoms with Crippen LogP contribution in [0.3, 0.4) is 0 Å². The predicted molar refractivity (Wildman–Crippen MR) is 259 cm³/mol. The second-order valence-electron chi connectivity index (χ2n) is 15.3. The third-order valence-corrected chi connectivity index (χ3v) is 10.9. The van der Waals surface area contributed by atoms with Crippen LogP contribution in [0.25, 0.3) is 83.9 Å². The molecular formula is C58H52N3OPt-. The van der Waals surface area contributed by atoms with Crippen molar-refractivity contribution in [3.8, 4) is 78.6 Å². The van der Waals surface area contributed by atoms with Crippen molar-refractivity contribution in [2.24, 2.45) is 0 Å². The zero-order valence-electron chi connectivity index (χ0n) is 54.7. The van der Waals surface area contributed by atoms with E-state index in [-0.39, 0.29) is 60.5 Å². The number of imidazole rings is 1. The van der Waals surface area contributed by atoms with Gasteiger partial charge in [0.1, 0.15) is 11.6 Å². The minimum atomic E-state index is -4.21. The average molecular weight is 1020 g/mol. The molecule has 0 amide bonds. The van der Waals surface area contributed by atoms with Gasteiger partial charge in [-0.05, 0) is 93.9 Å². The van der Waals surface area contributed by atoms with Crippen molar-refractivity contribution >= 4 is 11.0 Å². The van der Waals surface area contributed by atoms with Gasteiger partial charge >= 0.3 is 0 Å². The van der Waals surface area contributed by atoms with Crippen LogP contribution in [0, 0.1) is 19.8 Å². The van der Waals surface area contributed by atoms with Gasteiger partial charge in [-0.2, -0.15) is 0 Å². The molecule has 5 heteroatoms. The summed E-state index contributed by atoms with van der Waals surface area (Å²) >= 11 is 0. The van der Waals surface area contributed by atoms with Crippen LogP contribution in [-0.2, 0) is 31.9 Å². The first-order valence-corrected chi connectivity index (χ1v) is 19.7. The molecular weight excluding hydrogens is 950 g/mol. The van der Waals surface area contributed by atoms with Crippen LogP contribution in [0.1, 0.15) is 92.2 Å². The minimum Gasteiger partial charge on any atom is -0.507 e. The predicted octanol–water partition coefficient (Wildman–Crippen LogP) is 15.1. The first-order chi connectivity index (χ1) is 38.4. The van der Waals surface area contributed by atoms with Crippen molar-refractivity contribution in [2.45, 2.75) is 65.7 Å². The van der Waals surface area contributed by atoms with Crippen molar-refractivity contribution in [3.05, 3.63) is 192 Å². The Balaban J connectivity index is 0.00000920. The summed E-state index contributed by atoms with van der Waals surface area (Å²) in [7, 11) is 0. The number of phenolic OH excluding ortho intramolecular Hbond substituents is 1. The van der Waals surface area contributed by atoms with E-state index >= 15 is 0 Å². The summed E-state index contributed by atoms with van der Waals surface area (Å²) in [5.41, 5.74) is -5.63. The van der Waals surface area contributed by atoms with Gasteiger partial charge in [-0.3, -0.25) is 9.55 Å². The molecule has 9 aromatic rings. The molecule has 0 unspecified atom stereocenters. The summed E-state index contributed by atoms with van der Waals surface area (Å²) in [6.07, 6.45) is 1.66. The molecule has 63 heavy (non-hydrogen) atoms. The number of aryl methyl sites for hydroxylation is 2. The first kappa shape index (κ1) is 24.5. The van der Waals surface area contributed by atoms with E-state index < -0.39 is 87.1 Å². The fraction of sp³-hybridized carbons (Fsp3) is 0.172. The molecule has 0 aliphatic carbocycles. The van der Waals surface area contributed by atoms with Crippen LogP contribution >= 0.6 is 0 Å². The van der Waals surface area contributed by atoms with Gasteiger partial charge in [-0.1, -0.05) is 179 Å². The Morgan fingerprint density at radius 1 is 0.587 bits per heavy atom. The summed E-state index contributed by atoms with van der Waals surface area (Å²) in [5, 5.41) is 12.9. The van der Waals surface area contributed by atoms with E-state index in [1.54, 1.807) is 48.7 Å². The van der Waals surface area contributed by atoms with E-state index in [9.17, 15) is 5.11 Å². The van der Waals surface area contributed by atoms with Gasteiger partial charge in [0.05, 0.1) is 16.6 Å². The summed E-state index contributed by atoms with van der Waals surface area (Å²) in [4.78, 5) is 9.78. The first-order valence-electron chi connectivity index (χ1n) is 30.2. The molecule has 0 aliphatic rings. The van der Waals surface area contributed by atoms with E-state index in [0.717, 1.165) is 22.3 Å². The van der Waals surface area contributed by atoms with Crippen LogP contribution in [0.4, 0.5) is 0 Å². The van der Waals surface area contributed by atoms with Gasteiger partial charge in [0.15, 0.2) is 0 Å². The van der Waals surface area contributed by atoms with Gasteiger partial charge in [0.25, 0.3) is 0 Å². The fourth-order valence-corrected chi connectivity index (χ4v) is 7.76. The molecule has 4 nitrogen and oxygen atoms in total. The molecule has 2 aromatic heterocycles. The molecule has 9 rings (SSSR count). The number of hydrogen-bond acceptors (Lipinski definition) is 3. The summed E-state index contributed by atoms with van der Waals surface area (Å²) in [6, 6.07) is 46.5. The molecule has 316 valence electrons. The Morgan fingerprint density at radius 2 is 1.29 bits per heavy atom. The Hall–Kier alpha value is -6.35. The number of phenols is 1. The molecule has 2 heterocycles. The summed E-state index contributed by atoms with van der Waals surface area (Å²) < 4.78 is 185. The number of hydrogen-bond donors (Lipinski definition) is 1. The van der Waals surface area contributed by atoms with Crippen molar-refractivity contribution in [1.82, 2.24) is 14.5 Å². The molecule has 0 bridgehead atoms. The maximum absolute atomic E-state index is 12.9. The van der Waals surface area contributed by atoms with Crippen molar-refractivity contribution in [3.63, 3.8) is 0 Å². The Bertz CT molecular complexity index is 3820. The zero-order valence-corrected chi connectivity index (χ0v) is 36.0. The van der Waals surface area contributed by atoms with Crippen LogP contribution in [0.5, 0.6) is 5.75 Å². The molecule has 0 radical (unpaired) electrons. The maximum atomic E-state index is 12.9. The summed E-state index contributed by atoms with van der Waals surface area (Å²) in [5.74, 6) is -2.07. The maximum Gasteiger partial charge on any atom is 0.148 e. The van der Waals surface area contributed by atoms with Crippen LogP contribution in [0.15, 0.2) is 164 Å². The normalized spacial score (nSPS) is 18.1. The molecule has 0 spiro atoms. The van der Waals surface area contributed by atoms with Gasteiger partial charge in [0, 0.05) is 73.0 Å². The SMILES string of the molecule is [2H]C([2H])([2H])c1cc(-n2c(-c3cc(C(C([2H])([2H])[2H])(C([2H])([2H])[2H])C([2H])([2H])[2H])cc(C(C([2H])([2H])[2H])(C([2H])([2H])[2H])C([2H])([2H])[2H])c3O)nc3c(-c4[c-]c(-c5cc(-c6ccc(C)cc6)ccn5)cc(-c5ccccc5)c4)cccc32)ccc1-c1ccccc1.[Pt]. The number of aromatic hydroxyl groups is 1. The van der Waals surface area contributed by atoms with Crippen molar-refractivity contribution in [2.75, 3.05) is 0 Å². The van der Waals surface area contributed by atoms with Gasteiger partial charge in [-0.15, -0.1) is 23.8 Å². The number of fused-ring (bicyclic) bond motifs is 1. The molecule has 1 N–H and O–H groups in total. The van der Waals surface area contributed by atoms with Crippen LogP contribution < -0.4 is 0 Å². The van der Waals surface area contributed by atoms with E-state index in [1.807, 2.05) is 85.8 Å². The molecule has 0 fully saturated rings. The third-order valence-electron chi connectivity index (χ3n) is 10.9. The number of aromatic nitrogens is 3. The van der Waals surface area contributed by atoms with Gasteiger partial charge in [0.2, 0.25) is 0 Å². The van der Waals surface area contributed by atoms with Crippen LogP contribution in [-0.4, -0.2) is 19.6 Å². The Morgan fingerprint density at radius 3 is 2.00 bits per heavy atom. The zero-order chi connectivity index (χ0) is 60.8. The fourth-order valence-electron chi connectivity index (χ4n) is 7.76. The molecule has 0 saturated carbocycles. The standard InChI is InChI=1S/C58H52N3O.Pt/c1-37-22-24-40(25-23-37)42-28-29-59-52(34-42)45-32-43(39-16-11-9-12-17-39)31-44(33-45)49-20-15-21-53-54(49)60-56(50-35-46(57(3,4)5)36-51(55(50)62)58(6,7)8)61(53)47-26-27-48(38(2)30-47)41-18-13-10-14-19-41;/h9-32,34-36,62H,1-8H3;/q-1;/i2D3,3D3,4D3,5D3,6D3,7D3,8D3;. The molecule has 0 saturated heterocycles. The number of para-hydroxylation sites is 1. The van der Waals surface area contributed by atoms with E-state index in [0.29, 0.717) is 34.0 Å². The van der Waals surface area contributed by atoms with Crippen LogP contribution in [0.2, 0.25) is 0 Å². The number of nitrogens with zero attached hydrogens (tertiary/aromatic N) is 3. The molecule has 0 aliphatic heterocycles. The monoisotopic (exact) mass is 1020 g/mol. The quantitative estimate of drug-likeness (QED) is 0.162. The number of rotatable bonds is 7. The second-order valence-corrected chi connectivity index (χ2v) is 15.3. The number of benzene rings is 7. The second kappa shape index (κ2) is 17.1. The van der Waals surface area contributed by atoms with E-state index in [2.05, 4.69) is 6.07 Å². The Labute approximate surface area is 416 Å². The van der Waals surface area contributed by atoms with Gasteiger partial charge in [-0.25, -0.2) is 4.98 Å². The van der Waals surface area contributed by atoms with Crippen molar-refractivity contribution in [1.29, 1.82) is 0 Å². The van der Waals surface area contributed by atoms with Gasteiger partial charge < -0.3 is 5.11 Å². The largest absolute Gasteiger partial charge is 0.507 e. The molecule has 0 atom stereocenters. The smallest absolute Gasteiger partial charge is 0.148 e. The average Bonchev–Trinajstić information content (AvgIpc) is 3.74.